The van der Waals surface area contributed by atoms with Crippen molar-refractivity contribution in [1.29, 1.82) is 0 Å². The summed E-state index contributed by atoms with van der Waals surface area (Å²) in [4.78, 5) is 0. The molecule has 0 unspecified atom stereocenters. The van der Waals surface area contributed by atoms with E-state index in [0.29, 0.717) is 5.39 Å². The Morgan fingerprint density at radius 3 is 2.43 bits per heavy atom. The van der Waals surface area contributed by atoms with E-state index in [9.17, 15) is 8.78 Å². The van der Waals surface area contributed by atoms with E-state index in [4.69, 9.17) is 4.42 Å². The molecule has 2 aromatic carbocycles. The third-order valence-electron chi connectivity index (χ3n) is 3.33. The Hall–Kier alpha value is -2.30. The zero-order chi connectivity index (χ0) is 15.0. The summed E-state index contributed by atoms with van der Waals surface area (Å²) >= 11 is 0. The summed E-state index contributed by atoms with van der Waals surface area (Å²) in [6.07, 6.45) is 0. The first-order valence-corrected chi connectivity index (χ1v) is 6.70. The van der Waals surface area contributed by atoms with Crippen LogP contribution in [-0.2, 0) is 5.92 Å². The molecular weight excluding hydrogens is 274 g/mol. The summed E-state index contributed by atoms with van der Waals surface area (Å²) in [7, 11) is 0. The van der Waals surface area contributed by atoms with Gasteiger partial charge in [0, 0.05) is 11.5 Å². The molecule has 0 saturated carbocycles. The first kappa shape index (κ1) is 13.7. The van der Waals surface area contributed by atoms with Crippen LogP contribution in [-0.4, -0.2) is 10.2 Å². The quantitative estimate of drug-likeness (QED) is 0.713. The number of nitrogens with zero attached hydrogens (tertiary/aromatic N) is 2. The van der Waals surface area contributed by atoms with Crippen LogP contribution in [0.25, 0.3) is 10.8 Å². The third kappa shape index (κ3) is 2.28. The number of hydrogen-bond donors (Lipinski definition) is 0. The second-order valence-electron chi connectivity index (χ2n) is 5.20. The summed E-state index contributed by atoms with van der Waals surface area (Å²) in [5.41, 5.74) is -0.125. The van der Waals surface area contributed by atoms with Crippen molar-refractivity contribution in [2.24, 2.45) is 0 Å². The van der Waals surface area contributed by atoms with Gasteiger partial charge in [-0.05, 0) is 10.8 Å². The normalized spacial score (nSPS) is 12.2. The van der Waals surface area contributed by atoms with Gasteiger partial charge in [0.15, 0.2) is 0 Å². The van der Waals surface area contributed by atoms with Gasteiger partial charge in [0.25, 0.3) is 5.89 Å². The summed E-state index contributed by atoms with van der Waals surface area (Å²) in [6, 6.07) is 11.8. The Kier molecular flexibility index (Phi) is 3.20. The molecule has 0 bridgehead atoms. The molecule has 0 radical (unpaired) electrons. The average molecular weight is 288 g/mol. The van der Waals surface area contributed by atoms with E-state index in [1.165, 1.54) is 6.07 Å². The van der Waals surface area contributed by atoms with E-state index in [-0.39, 0.29) is 17.4 Å². The van der Waals surface area contributed by atoms with Crippen LogP contribution < -0.4 is 0 Å². The Balaban J connectivity index is 2.15. The molecule has 3 nitrogen and oxygen atoms in total. The molecule has 0 amide bonds. The van der Waals surface area contributed by atoms with E-state index in [0.717, 1.165) is 5.39 Å². The molecule has 0 aliphatic carbocycles. The molecule has 0 spiro atoms. The monoisotopic (exact) mass is 288 g/mol. The van der Waals surface area contributed by atoms with E-state index in [1.807, 2.05) is 19.9 Å². The maximum Gasteiger partial charge on any atom is 0.349 e. The van der Waals surface area contributed by atoms with Gasteiger partial charge in [0.2, 0.25) is 5.89 Å². The summed E-state index contributed by atoms with van der Waals surface area (Å²) in [5.74, 6) is -3.86. The second kappa shape index (κ2) is 4.91. The lowest BCUT2D eigenvalue weighted by molar-refractivity contribution is 0.0133. The number of fused-ring (bicyclic) bond motifs is 1. The zero-order valence-corrected chi connectivity index (χ0v) is 11.7. The number of rotatable bonds is 3. The third-order valence-corrected chi connectivity index (χ3v) is 3.33. The standard InChI is InChI=1S/C16H14F2N2O/c1-10(2)14-19-20-15(21-14)16(17,18)13-9-5-7-11-6-3-4-8-12(11)13/h3-10H,1-2H3. The SMILES string of the molecule is CC(C)c1nnc(C(F)(F)c2cccc3ccccc23)o1. The Labute approximate surface area is 120 Å². The number of alkyl halides is 2. The van der Waals surface area contributed by atoms with Gasteiger partial charge in [-0.25, -0.2) is 0 Å². The molecule has 0 aliphatic rings. The summed E-state index contributed by atoms with van der Waals surface area (Å²) in [6.45, 7) is 3.63. The molecule has 0 fully saturated rings. The van der Waals surface area contributed by atoms with Crippen LogP contribution in [0.3, 0.4) is 0 Å². The lowest BCUT2D eigenvalue weighted by atomic mass is 10.00. The van der Waals surface area contributed by atoms with Crippen LogP contribution in [0, 0.1) is 0 Å². The predicted molar refractivity (Wildman–Crippen MR) is 75.3 cm³/mol. The van der Waals surface area contributed by atoms with Crippen LogP contribution in [0.1, 0.15) is 37.1 Å². The Bertz CT molecular complexity index is 775. The summed E-state index contributed by atoms with van der Waals surface area (Å²) < 4.78 is 34.5. The van der Waals surface area contributed by atoms with E-state index >= 15 is 0 Å². The molecule has 0 atom stereocenters. The number of benzene rings is 2. The van der Waals surface area contributed by atoms with Gasteiger partial charge in [-0.1, -0.05) is 56.3 Å². The first-order valence-electron chi connectivity index (χ1n) is 6.70. The van der Waals surface area contributed by atoms with Gasteiger partial charge in [-0.3, -0.25) is 0 Å². The van der Waals surface area contributed by atoms with Crippen molar-refractivity contribution in [3.05, 3.63) is 59.8 Å². The van der Waals surface area contributed by atoms with Crippen molar-refractivity contribution < 1.29 is 13.2 Å². The molecular formula is C16H14F2N2O. The van der Waals surface area contributed by atoms with Crippen LogP contribution in [0.2, 0.25) is 0 Å². The first-order chi connectivity index (χ1) is 10.00. The van der Waals surface area contributed by atoms with E-state index < -0.39 is 11.8 Å². The van der Waals surface area contributed by atoms with Crippen molar-refractivity contribution in [2.75, 3.05) is 0 Å². The summed E-state index contributed by atoms with van der Waals surface area (Å²) in [5, 5.41) is 8.45. The van der Waals surface area contributed by atoms with Gasteiger partial charge >= 0.3 is 5.92 Å². The lowest BCUT2D eigenvalue weighted by Crippen LogP contribution is -2.16. The number of aromatic nitrogens is 2. The molecule has 21 heavy (non-hydrogen) atoms. The maximum atomic E-state index is 14.7. The predicted octanol–water partition coefficient (Wildman–Crippen LogP) is 4.49. The average Bonchev–Trinajstić information content (AvgIpc) is 2.97. The highest BCUT2D eigenvalue weighted by Gasteiger charge is 2.41. The smallest absolute Gasteiger partial charge is 0.349 e. The van der Waals surface area contributed by atoms with Gasteiger partial charge in [-0.15, -0.1) is 10.2 Å². The lowest BCUT2D eigenvalue weighted by Gasteiger charge is -2.15. The molecule has 1 aromatic heterocycles. The van der Waals surface area contributed by atoms with Crippen LogP contribution in [0.5, 0.6) is 0 Å². The topological polar surface area (TPSA) is 38.9 Å². The molecule has 3 aromatic rings. The fourth-order valence-corrected chi connectivity index (χ4v) is 2.21. The van der Waals surface area contributed by atoms with Gasteiger partial charge < -0.3 is 4.42 Å². The van der Waals surface area contributed by atoms with Gasteiger partial charge in [-0.2, -0.15) is 8.78 Å². The molecule has 3 rings (SSSR count). The minimum absolute atomic E-state index is 0.0884. The molecule has 0 aliphatic heterocycles. The van der Waals surface area contributed by atoms with Crippen molar-refractivity contribution in [3.8, 4) is 0 Å². The van der Waals surface area contributed by atoms with Crippen molar-refractivity contribution in [3.63, 3.8) is 0 Å². The van der Waals surface area contributed by atoms with E-state index in [2.05, 4.69) is 10.2 Å². The van der Waals surface area contributed by atoms with Crippen LogP contribution in [0.4, 0.5) is 8.78 Å². The van der Waals surface area contributed by atoms with Crippen LogP contribution in [0.15, 0.2) is 46.9 Å². The minimum atomic E-state index is -3.32. The van der Waals surface area contributed by atoms with Gasteiger partial charge in [0.1, 0.15) is 0 Å². The van der Waals surface area contributed by atoms with Crippen molar-refractivity contribution in [1.82, 2.24) is 10.2 Å². The fraction of sp³-hybridized carbons (Fsp3) is 0.250. The highest BCUT2D eigenvalue weighted by molar-refractivity contribution is 5.86. The van der Waals surface area contributed by atoms with Crippen LogP contribution >= 0.6 is 0 Å². The Morgan fingerprint density at radius 1 is 1.00 bits per heavy atom. The maximum absolute atomic E-state index is 14.7. The zero-order valence-electron chi connectivity index (χ0n) is 11.7. The number of halogens is 2. The number of hydrogen-bond acceptors (Lipinski definition) is 3. The molecule has 1 heterocycles. The Morgan fingerprint density at radius 2 is 1.71 bits per heavy atom. The largest absolute Gasteiger partial charge is 0.419 e. The molecule has 0 N–H and O–H groups in total. The highest BCUT2D eigenvalue weighted by Crippen LogP contribution is 2.39. The fourth-order valence-electron chi connectivity index (χ4n) is 2.21. The second-order valence-corrected chi connectivity index (χ2v) is 5.20. The minimum Gasteiger partial charge on any atom is -0.419 e. The van der Waals surface area contributed by atoms with E-state index in [1.54, 1.807) is 30.3 Å². The van der Waals surface area contributed by atoms with Crippen molar-refractivity contribution in [2.45, 2.75) is 25.7 Å². The highest BCUT2D eigenvalue weighted by atomic mass is 19.3. The molecule has 0 saturated heterocycles. The molecule has 108 valence electrons. The van der Waals surface area contributed by atoms with Gasteiger partial charge in [0.05, 0.1) is 0 Å². The van der Waals surface area contributed by atoms with Crippen molar-refractivity contribution >= 4 is 10.8 Å². The molecule has 5 heteroatoms.